The van der Waals surface area contributed by atoms with Crippen LogP contribution in [0, 0.1) is 0 Å². The van der Waals surface area contributed by atoms with Gasteiger partial charge >= 0.3 is 18.0 Å². The van der Waals surface area contributed by atoms with Gasteiger partial charge < -0.3 is 25.3 Å². The molecule has 3 atom stereocenters. The molecule has 1 fully saturated rings. The minimum absolute atomic E-state index is 0.00114. The molecule has 44 heavy (non-hydrogen) atoms. The number of ether oxygens (including phenoxy) is 1. The number of urea groups is 1. The van der Waals surface area contributed by atoms with Crippen LogP contribution in [0.15, 0.2) is 72.8 Å². The Morgan fingerprint density at radius 2 is 1.70 bits per heavy atom. The molecule has 1 saturated heterocycles. The van der Waals surface area contributed by atoms with Crippen LogP contribution in [-0.2, 0) is 20.8 Å². The van der Waals surface area contributed by atoms with Gasteiger partial charge in [0.05, 0.1) is 18.4 Å². The number of hydrogen-bond acceptors (Lipinski definition) is 6. The van der Waals surface area contributed by atoms with Gasteiger partial charge in [-0.15, -0.1) is 0 Å². The van der Waals surface area contributed by atoms with Crippen LogP contribution in [0.5, 0.6) is 5.75 Å². The average Bonchev–Trinajstić information content (AvgIpc) is 3.51. The molecule has 0 spiro atoms. The van der Waals surface area contributed by atoms with E-state index in [9.17, 15) is 29.1 Å². The summed E-state index contributed by atoms with van der Waals surface area (Å²) >= 11 is 0. The van der Waals surface area contributed by atoms with Gasteiger partial charge in [0.15, 0.2) is 0 Å². The van der Waals surface area contributed by atoms with Crippen molar-refractivity contribution in [3.05, 3.63) is 95.2 Å². The molecule has 12 nitrogen and oxygen atoms in total. The molecular formula is C32H28N4O8. The van der Waals surface area contributed by atoms with Crippen LogP contribution < -0.4 is 15.0 Å². The van der Waals surface area contributed by atoms with E-state index < -0.39 is 54.3 Å². The first kappa shape index (κ1) is 28.5. The zero-order valence-corrected chi connectivity index (χ0v) is 23.5. The predicted octanol–water partition coefficient (Wildman–Crippen LogP) is 3.71. The van der Waals surface area contributed by atoms with Crippen molar-refractivity contribution in [1.82, 2.24) is 15.2 Å². The number of fused-ring (bicyclic) bond motifs is 4. The van der Waals surface area contributed by atoms with Gasteiger partial charge in [0.1, 0.15) is 23.9 Å². The maximum atomic E-state index is 14.3. The number of nitrogens with zero attached hydrogens (tertiary/aromatic N) is 2. The highest BCUT2D eigenvalue weighted by Gasteiger charge is 2.53. The Bertz CT molecular complexity index is 1810. The summed E-state index contributed by atoms with van der Waals surface area (Å²) in [6.07, 6.45) is -0.566. The third-order valence-corrected chi connectivity index (χ3v) is 8.12. The molecule has 1 aromatic heterocycles. The monoisotopic (exact) mass is 596 g/mol. The molecule has 0 aliphatic carbocycles. The van der Waals surface area contributed by atoms with E-state index in [0.29, 0.717) is 5.75 Å². The molecule has 4 N–H and O–H groups in total. The Hall–Kier alpha value is -5.65. The summed E-state index contributed by atoms with van der Waals surface area (Å²) in [4.78, 5) is 70.4. The number of carbonyl (C=O) groups is 5. The van der Waals surface area contributed by atoms with Crippen LogP contribution in [0.1, 0.15) is 46.1 Å². The average molecular weight is 597 g/mol. The number of H-pyrrole nitrogens is 1. The summed E-state index contributed by atoms with van der Waals surface area (Å²) in [7, 11) is 1.56. The second kappa shape index (κ2) is 11.2. The molecule has 0 bridgehead atoms. The Morgan fingerprint density at radius 3 is 2.41 bits per heavy atom. The number of rotatable bonds is 9. The van der Waals surface area contributed by atoms with E-state index in [0.717, 1.165) is 32.6 Å². The topological polar surface area (TPSA) is 169 Å². The number of anilines is 1. The Kier molecular flexibility index (Phi) is 7.25. The van der Waals surface area contributed by atoms with E-state index >= 15 is 0 Å². The molecular weight excluding hydrogens is 568 g/mol. The van der Waals surface area contributed by atoms with Crippen molar-refractivity contribution in [2.24, 2.45) is 0 Å². The van der Waals surface area contributed by atoms with E-state index in [1.54, 1.807) is 25.3 Å². The normalized spacial score (nSPS) is 18.1. The van der Waals surface area contributed by atoms with Crippen molar-refractivity contribution in [2.75, 3.05) is 12.0 Å². The molecule has 0 radical (unpaired) electrons. The number of carboxylic acids is 2. The number of aromatic amines is 1. The molecule has 224 valence electrons. The van der Waals surface area contributed by atoms with Crippen LogP contribution in [-0.4, -0.2) is 69.1 Å². The lowest BCUT2D eigenvalue weighted by molar-refractivity contribution is -0.140. The minimum Gasteiger partial charge on any atom is -0.497 e. The number of aromatic nitrogens is 1. The van der Waals surface area contributed by atoms with Gasteiger partial charge in [0, 0.05) is 29.4 Å². The lowest BCUT2D eigenvalue weighted by Crippen LogP contribution is -2.44. The Labute approximate surface area is 250 Å². The number of amides is 4. The number of carboxylic acid groups (broad SMARTS) is 2. The van der Waals surface area contributed by atoms with Gasteiger partial charge in [0.25, 0.3) is 11.8 Å². The van der Waals surface area contributed by atoms with Gasteiger partial charge in [0.2, 0.25) is 0 Å². The lowest BCUT2D eigenvalue weighted by Gasteiger charge is -2.36. The fraction of sp³-hybridized carbons (Fsp3) is 0.219. The van der Waals surface area contributed by atoms with Crippen molar-refractivity contribution in [2.45, 2.75) is 37.4 Å². The highest BCUT2D eigenvalue weighted by atomic mass is 16.5. The maximum absolute atomic E-state index is 14.3. The van der Waals surface area contributed by atoms with E-state index in [-0.39, 0.29) is 24.1 Å². The molecule has 12 heteroatoms. The largest absolute Gasteiger partial charge is 0.497 e. The summed E-state index contributed by atoms with van der Waals surface area (Å²) in [6, 6.07) is 17.3. The Morgan fingerprint density at radius 1 is 1.00 bits per heavy atom. The highest BCUT2D eigenvalue weighted by Crippen LogP contribution is 2.45. The number of nitrogens with one attached hydrogen (secondary N) is 2. The van der Waals surface area contributed by atoms with Gasteiger partial charge in [-0.25, -0.2) is 14.5 Å². The van der Waals surface area contributed by atoms with Crippen LogP contribution in [0.4, 0.5) is 10.5 Å². The van der Waals surface area contributed by atoms with E-state index in [1.807, 2.05) is 36.4 Å². The number of benzene rings is 3. The predicted molar refractivity (Wildman–Crippen MR) is 158 cm³/mol. The Balaban J connectivity index is 1.40. The van der Waals surface area contributed by atoms with E-state index in [1.165, 1.54) is 23.1 Å². The number of carbonyl (C=O) groups excluding carboxylic acids is 3. The highest BCUT2D eigenvalue weighted by molar-refractivity contribution is 6.24. The van der Waals surface area contributed by atoms with Gasteiger partial charge in [-0.3, -0.25) is 19.3 Å². The molecule has 2 aliphatic heterocycles. The standard InChI is InChI=1S/C32H28N4O8/c1-44-18-12-10-17(11-13-18)28-27-21(19-6-2-4-8-22(19)33-27)16-25-30(40)36(32(43)35(25)28)24-9-5-3-7-20(24)29(39)34-23(31(41)42)14-15-26(37)38/h2-13,23,25,28,33H,14-16H2,1H3,(H,34,39)(H,37,38)(H,41,42). The molecule has 4 aromatic rings. The van der Waals surface area contributed by atoms with Crippen molar-refractivity contribution >= 4 is 46.4 Å². The van der Waals surface area contributed by atoms with Crippen molar-refractivity contribution in [1.29, 1.82) is 0 Å². The van der Waals surface area contributed by atoms with Gasteiger partial charge in [-0.2, -0.15) is 0 Å². The fourth-order valence-corrected chi connectivity index (χ4v) is 6.05. The van der Waals surface area contributed by atoms with E-state index in [2.05, 4.69) is 10.3 Å². The molecule has 6 rings (SSSR count). The quantitative estimate of drug-likeness (QED) is 0.212. The van der Waals surface area contributed by atoms with Crippen LogP contribution in [0.2, 0.25) is 0 Å². The zero-order chi connectivity index (χ0) is 31.1. The molecule has 4 amide bonds. The molecule has 2 aliphatic rings. The van der Waals surface area contributed by atoms with Crippen molar-refractivity contribution < 1.29 is 38.9 Å². The first-order valence-electron chi connectivity index (χ1n) is 13.9. The third kappa shape index (κ3) is 4.79. The third-order valence-electron chi connectivity index (χ3n) is 8.12. The second-order valence-corrected chi connectivity index (χ2v) is 10.6. The van der Waals surface area contributed by atoms with Crippen LogP contribution >= 0.6 is 0 Å². The van der Waals surface area contributed by atoms with Gasteiger partial charge in [-0.1, -0.05) is 42.5 Å². The summed E-state index contributed by atoms with van der Waals surface area (Å²) in [5, 5.41) is 21.8. The lowest BCUT2D eigenvalue weighted by atomic mass is 9.89. The van der Waals surface area contributed by atoms with Crippen molar-refractivity contribution in [3.63, 3.8) is 0 Å². The maximum Gasteiger partial charge on any atom is 0.332 e. The number of imide groups is 1. The zero-order valence-electron chi connectivity index (χ0n) is 23.5. The second-order valence-electron chi connectivity index (χ2n) is 10.6. The molecule has 3 aromatic carbocycles. The van der Waals surface area contributed by atoms with Crippen LogP contribution in [0.25, 0.3) is 10.9 Å². The number of aliphatic carboxylic acids is 2. The first-order chi connectivity index (χ1) is 21.2. The SMILES string of the molecule is COc1ccc(C2c3[nH]c4ccccc4c3CC3C(=O)N(c4ccccc4C(=O)NC(CCC(=O)O)C(=O)O)C(=O)N32)cc1. The smallest absolute Gasteiger partial charge is 0.332 e. The number of hydrogen-bond donors (Lipinski definition) is 4. The van der Waals surface area contributed by atoms with E-state index in [4.69, 9.17) is 9.84 Å². The first-order valence-corrected chi connectivity index (χ1v) is 13.9. The fourth-order valence-electron chi connectivity index (χ4n) is 6.05. The summed E-state index contributed by atoms with van der Waals surface area (Å²) < 4.78 is 5.32. The van der Waals surface area contributed by atoms with Gasteiger partial charge in [-0.05, 0) is 47.9 Å². The molecule has 0 saturated carbocycles. The molecule has 3 heterocycles. The summed E-state index contributed by atoms with van der Waals surface area (Å²) in [5.41, 5.74) is 3.23. The molecule has 3 unspecified atom stereocenters. The summed E-state index contributed by atoms with van der Waals surface area (Å²) in [6.45, 7) is 0. The minimum atomic E-state index is -1.49. The summed E-state index contributed by atoms with van der Waals surface area (Å²) in [5.74, 6) is -3.36. The van der Waals surface area contributed by atoms with Crippen molar-refractivity contribution in [3.8, 4) is 5.75 Å². The van der Waals surface area contributed by atoms with Crippen LogP contribution in [0.3, 0.4) is 0 Å². The number of para-hydroxylation sites is 2. The number of methoxy groups -OCH3 is 1.